The molecular weight excluding hydrogens is 264 g/mol. The van der Waals surface area contributed by atoms with E-state index in [0.717, 1.165) is 65.1 Å². The maximum atomic E-state index is 2.58. The molecule has 0 aromatic carbocycles. The summed E-state index contributed by atoms with van der Waals surface area (Å²) in [5.74, 6) is 9.30. The largest absolute Gasteiger partial charge is 0.0625 e. The zero-order chi connectivity index (χ0) is 17.4. The average Bonchev–Trinajstić information content (AvgIpc) is 2.34. The fourth-order valence-electron chi connectivity index (χ4n) is 6.50. The first kappa shape index (κ1) is 20.0. The van der Waals surface area contributed by atoms with Crippen LogP contribution in [0.25, 0.3) is 0 Å². The van der Waals surface area contributed by atoms with Crippen molar-refractivity contribution in [2.75, 3.05) is 0 Å². The minimum Gasteiger partial charge on any atom is -0.0625 e. The van der Waals surface area contributed by atoms with E-state index < -0.39 is 0 Å². The molecule has 1 aliphatic carbocycles. The highest BCUT2D eigenvalue weighted by Crippen LogP contribution is 2.57. The third kappa shape index (κ3) is 3.73. The minimum absolute atomic E-state index is 0.801. The molecule has 0 N–H and O–H groups in total. The summed E-state index contributed by atoms with van der Waals surface area (Å²) in [5, 5.41) is 0. The Morgan fingerprint density at radius 3 is 0.727 bits per heavy atom. The first-order chi connectivity index (χ1) is 10.0. The molecule has 1 rings (SSSR count). The molecule has 1 aliphatic rings. The second-order valence-corrected chi connectivity index (χ2v) is 9.97. The zero-order valence-electron chi connectivity index (χ0n) is 17.4. The summed E-state index contributed by atoms with van der Waals surface area (Å²) in [7, 11) is 0. The van der Waals surface area contributed by atoms with Gasteiger partial charge < -0.3 is 0 Å². The Labute approximate surface area is 141 Å². The number of hydrogen-bond donors (Lipinski definition) is 0. The van der Waals surface area contributed by atoms with E-state index in [4.69, 9.17) is 0 Å². The van der Waals surface area contributed by atoms with Crippen molar-refractivity contribution in [3.63, 3.8) is 0 Å². The quantitative estimate of drug-likeness (QED) is 0.513. The fourth-order valence-corrected chi connectivity index (χ4v) is 6.50. The van der Waals surface area contributed by atoms with Gasteiger partial charge in [0.1, 0.15) is 0 Å². The Morgan fingerprint density at radius 1 is 0.364 bits per heavy atom. The summed E-state index contributed by atoms with van der Waals surface area (Å²) in [5.41, 5.74) is 0. The van der Waals surface area contributed by atoms with E-state index >= 15 is 0 Å². The van der Waals surface area contributed by atoms with Gasteiger partial charge in [-0.2, -0.15) is 0 Å². The highest BCUT2D eigenvalue weighted by molar-refractivity contribution is 4.99. The van der Waals surface area contributed by atoms with Crippen LogP contribution in [-0.2, 0) is 0 Å². The van der Waals surface area contributed by atoms with E-state index in [-0.39, 0.29) is 0 Å². The minimum atomic E-state index is 0.801. The van der Waals surface area contributed by atoms with Crippen LogP contribution >= 0.6 is 0 Å². The SMILES string of the molecule is CC(C)C1C(C)C(C(C)C)C(C(C)C)C(C(C)C)C1C(C)C. The van der Waals surface area contributed by atoms with E-state index in [1.54, 1.807) is 0 Å². The first-order valence-corrected chi connectivity index (χ1v) is 10.0. The van der Waals surface area contributed by atoms with Crippen molar-refractivity contribution in [2.24, 2.45) is 65.1 Å². The van der Waals surface area contributed by atoms with Crippen molar-refractivity contribution in [3.05, 3.63) is 0 Å². The Kier molecular flexibility index (Phi) is 7.03. The van der Waals surface area contributed by atoms with Crippen LogP contribution in [0.3, 0.4) is 0 Å². The standard InChI is InChI=1S/C22H44/c1-12(2)18-17(11)19(13(3)4)21(15(7)8)22(16(9)10)20(18)14(5)6/h12-22H,1-11H3. The molecule has 0 saturated heterocycles. The summed E-state index contributed by atoms with van der Waals surface area (Å²) in [6, 6.07) is 0. The predicted octanol–water partition coefficient (Wildman–Crippen LogP) is 7.00. The van der Waals surface area contributed by atoms with Crippen LogP contribution in [0.1, 0.15) is 76.2 Å². The monoisotopic (exact) mass is 308 g/mol. The topological polar surface area (TPSA) is 0 Å². The lowest BCUT2D eigenvalue weighted by atomic mass is 9.47. The molecule has 0 nitrogen and oxygen atoms in total. The van der Waals surface area contributed by atoms with Gasteiger partial charge in [0.2, 0.25) is 0 Å². The van der Waals surface area contributed by atoms with Gasteiger partial charge >= 0.3 is 0 Å². The number of rotatable bonds is 5. The molecule has 0 aliphatic heterocycles. The third-order valence-corrected chi connectivity index (χ3v) is 6.84. The first-order valence-electron chi connectivity index (χ1n) is 10.0. The molecular formula is C22H44. The molecule has 0 aromatic rings. The van der Waals surface area contributed by atoms with Gasteiger partial charge in [-0.3, -0.25) is 0 Å². The highest BCUT2D eigenvalue weighted by Gasteiger charge is 2.52. The molecule has 0 spiro atoms. The van der Waals surface area contributed by atoms with Gasteiger partial charge in [-0.1, -0.05) is 76.2 Å². The molecule has 4 unspecified atom stereocenters. The Morgan fingerprint density at radius 2 is 0.545 bits per heavy atom. The average molecular weight is 309 g/mol. The molecule has 0 heteroatoms. The molecule has 1 saturated carbocycles. The van der Waals surface area contributed by atoms with Crippen LogP contribution in [0, 0.1) is 65.1 Å². The van der Waals surface area contributed by atoms with Crippen LogP contribution < -0.4 is 0 Å². The van der Waals surface area contributed by atoms with E-state index in [1.807, 2.05) is 0 Å². The van der Waals surface area contributed by atoms with Crippen molar-refractivity contribution in [1.82, 2.24) is 0 Å². The Hall–Kier alpha value is 0. The van der Waals surface area contributed by atoms with Gasteiger partial charge in [0.05, 0.1) is 0 Å². The van der Waals surface area contributed by atoms with Crippen molar-refractivity contribution in [2.45, 2.75) is 76.2 Å². The molecule has 132 valence electrons. The molecule has 0 bridgehead atoms. The predicted molar refractivity (Wildman–Crippen MR) is 101 cm³/mol. The van der Waals surface area contributed by atoms with E-state index in [2.05, 4.69) is 76.2 Å². The summed E-state index contributed by atoms with van der Waals surface area (Å²) in [6.45, 7) is 27.4. The van der Waals surface area contributed by atoms with Gasteiger partial charge in [0, 0.05) is 0 Å². The maximum Gasteiger partial charge on any atom is -0.0324 e. The van der Waals surface area contributed by atoms with Crippen molar-refractivity contribution >= 4 is 0 Å². The van der Waals surface area contributed by atoms with Gasteiger partial charge in [-0.05, 0) is 65.1 Å². The Bertz CT molecular complexity index is 295. The van der Waals surface area contributed by atoms with Crippen LogP contribution in [0.15, 0.2) is 0 Å². The molecule has 0 amide bonds. The van der Waals surface area contributed by atoms with Gasteiger partial charge in [0.25, 0.3) is 0 Å². The van der Waals surface area contributed by atoms with Crippen molar-refractivity contribution in [3.8, 4) is 0 Å². The maximum absolute atomic E-state index is 2.58. The van der Waals surface area contributed by atoms with Crippen molar-refractivity contribution in [1.29, 1.82) is 0 Å². The summed E-state index contributed by atoms with van der Waals surface area (Å²) >= 11 is 0. The van der Waals surface area contributed by atoms with Crippen LogP contribution in [0.2, 0.25) is 0 Å². The third-order valence-electron chi connectivity index (χ3n) is 6.84. The van der Waals surface area contributed by atoms with E-state index in [0.29, 0.717) is 0 Å². The molecule has 22 heavy (non-hydrogen) atoms. The van der Waals surface area contributed by atoms with Crippen LogP contribution in [0.4, 0.5) is 0 Å². The van der Waals surface area contributed by atoms with Gasteiger partial charge in [-0.15, -0.1) is 0 Å². The molecule has 0 heterocycles. The fraction of sp³-hybridized carbons (Fsp3) is 1.00. The van der Waals surface area contributed by atoms with Crippen molar-refractivity contribution < 1.29 is 0 Å². The molecule has 0 radical (unpaired) electrons. The molecule has 1 fully saturated rings. The number of hydrogen-bond acceptors (Lipinski definition) is 0. The Balaban J connectivity index is 3.42. The van der Waals surface area contributed by atoms with Gasteiger partial charge in [-0.25, -0.2) is 0 Å². The zero-order valence-corrected chi connectivity index (χ0v) is 17.4. The lowest BCUT2D eigenvalue weighted by Crippen LogP contribution is -2.53. The molecule has 4 atom stereocenters. The van der Waals surface area contributed by atoms with E-state index in [1.165, 1.54) is 0 Å². The summed E-state index contributed by atoms with van der Waals surface area (Å²) in [6.07, 6.45) is 0. The normalized spacial score (nSPS) is 37.1. The summed E-state index contributed by atoms with van der Waals surface area (Å²) < 4.78 is 0. The van der Waals surface area contributed by atoms with Gasteiger partial charge in [0.15, 0.2) is 0 Å². The van der Waals surface area contributed by atoms with E-state index in [9.17, 15) is 0 Å². The lowest BCUT2D eigenvalue weighted by Gasteiger charge is -2.58. The second-order valence-electron chi connectivity index (χ2n) is 9.97. The molecule has 0 aromatic heterocycles. The second kappa shape index (κ2) is 7.71. The van der Waals surface area contributed by atoms with Crippen LogP contribution in [-0.4, -0.2) is 0 Å². The lowest BCUT2D eigenvalue weighted by molar-refractivity contribution is -0.103. The van der Waals surface area contributed by atoms with Crippen LogP contribution in [0.5, 0.6) is 0 Å². The summed E-state index contributed by atoms with van der Waals surface area (Å²) in [4.78, 5) is 0. The smallest absolute Gasteiger partial charge is 0.0324 e. The highest BCUT2D eigenvalue weighted by atomic mass is 14.6.